The molecule has 3 nitrogen and oxygen atoms in total. The van der Waals surface area contributed by atoms with Crippen molar-refractivity contribution in [3.63, 3.8) is 0 Å². The number of rotatable bonds is 6. The third-order valence-corrected chi connectivity index (χ3v) is 4.28. The van der Waals surface area contributed by atoms with Crippen LogP contribution in [0.15, 0.2) is 42.5 Å². The van der Waals surface area contributed by atoms with Crippen LogP contribution in [0.1, 0.15) is 30.0 Å². The number of benzene rings is 2. The van der Waals surface area contributed by atoms with Crippen LogP contribution in [0, 0.1) is 5.82 Å². The van der Waals surface area contributed by atoms with Gasteiger partial charge in [-0.15, -0.1) is 0 Å². The summed E-state index contributed by atoms with van der Waals surface area (Å²) >= 11 is 0. The van der Waals surface area contributed by atoms with Crippen LogP contribution in [-0.2, 0) is 24.1 Å². The highest BCUT2D eigenvalue weighted by Gasteiger charge is 2.14. The van der Waals surface area contributed by atoms with Crippen LogP contribution in [0.25, 0.3) is 0 Å². The summed E-state index contributed by atoms with van der Waals surface area (Å²) < 4.78 is 19.1. The minimum absolute atomic E-state index is 0.0403. The van der Waals surface area contributed by atoms with Gasteiger partial charge in [0.1, 0.15) is 11.6 Å². The fourth-order valence-corrected chi connectivity index (χ4v) is 3.07. The van der Waals surface area contributed by atoms with Crippen molar-refractivity contribution in [1.82, 2.24) is 5.32 Å². The molecule has 1 atom stereocenters. The van der Waals surface area contributed by atoms with Crippen LogP contribution < -0.4 is 10.1 Å². The van der Waals surface area contributed by atoms with E-state index in [1.165, 1.54) is 17.2 Å². The van der Waals surface area contributed by atoms with E-state index in [2.05, 4.69) is 11.4 Å². The second-order valence-electron chi connectivity index (χ2n) is 6.30. The Hall–Kier alpha value is -2.36. The topological polar surface area (TPSA) is 38.3 Å². The fourth-order valence-electron chi connectivity index (χ4n) is 3.07. The van der Waals surface area contributed by atoms with Crippen molar-refractivity contribution < 1.29 is 13.9 Å². The van der Waals surface area contributed by atoms with Gasteiger partial charge in [-0.25, -0.2) is 4.39 Å². The van der Waals surface area contributed by atoms with Crippen molar-refractivity contribution in [2.75, 3.05) is 6.61 Å². The molecule has 1 aliphatic rings. The van der Waals surface area contributed by atoms with Gasteiger partial charge >= 0.3 is 0 Å². The number of hydrogen-bond acceptors (Lipinski definition) is 2. The molecule has 1 heterocycles. The van der Waals surface area contributed by atoms with Gasteiger partial charge in [-0.2, -0.15) is 0 Å². The Morgan fingerprint density at radius 3 is 2.96 bits per heavy atom. The number of ether oxygens (including phenoxy) is 1. The van der Waals surface area contributed by atoms with Crippen LogP contribution >= 0.6 is 0 Å². The molecule has 4 heteroatoms. The molecule has 1 unspecified atom stereocenters. The first kappa shape index (κ1) is 16.5. The van der Waals surface area contributed by atoms with Crippen molar-refractivity contribution in [1.29, 1.82) is 0 Å². The number of carbonyl (C=O) groups excluding carboxylic acids is 1. The van der Waals surface area contributed by atoms with Gasteiger partial charge in [-0.1, -0.05) is 30.3 Å². The molecule has 126 valence electrons. The van der Waals surface area contributed by atoms with Gasteiger partial charge in [0.05, 0.1) is 6.61 Å². The normalized spacial score (nSPS) is 13.9. The minimum Gasteiger partial charge on any atom is -0.493 e. The Balaban J connectivity index is 1.48. The zero-order valence-electron chi connectivity index (χ0n) is 13.8. The molecule has 2 aromatic rings. The van der Waals surface area contributed by atoms with E-state index in [1.54, 1.807) is 18.2 Å². The predicted octanol–water partition coefficient (Wildman–Crippen LogP) is 3.44. The molecule has 0 aliphatic carbocycles. The second kappa shape index (κ2) is 7.47. The number of nitrogens with one attached hydrogen (secondary N) is 1. The number of aryl methyl sites for hydroxylation is 1. The maximum absolute atomic E-state index is 13.6. The summed E-state index contributed by atoms with van der Waals surface area (Å²) in [4.78, 5) is 12.1. The molecule has 1 aliphatic heterocycles. The van der Waals surface area contributed by atoms with Crippen LogP contribution in [-0.4, -0.2) is 18.6 Å². The van der Waals surface area contributed by atoms with E-state index >= 15 is 0 Å². The molecule has 0 saturated carbocycles. The van der Waals surface area contributed by atoms with E-state index in [4.69, 9.17) is 4.74 Å². The number of amides is 1. The maximum Gasteiger partial charge on any atom is 0.220 e. The maximum atomic E-state index is 13.6. The summed E-state index contributed by atoms with van der Waals surface area (Å²) in [5.41, 5.74) is 3.02. The summed E-state index contributed by atoms with van der Waals surface area (Å²) in [7, 11) is 0. The number of hydrogen-bond donors (Lipinski definition) is 1. The van der Waals surface area contributed by atoms with Crippen molar-refractivity contribution in [3.8, 4) is 5.75 Å². The first-order chi connectivity index (χ1) is 11.6. The second-order valence-corrected chi connectivity index (χ2v) is 6.30. The zero-order valence-corrected chi connectivity index (χ0v) is 13.8. The van der Waals surface area contributed by atoms with E-state index in [1.807, 2.05) is 19.1 Å². The van der Waals surface area contributed by atoms with Gasteiger partial charge in [0.25, 0.3) is 0 Å². The van der Waals surface area contributed by atoms with Gasteiger partial charge in [-0.05, 0) is 48.6 Å². The zero-order chi connectivity index (χ0) is 16.9. The Bertz CT molecular complexity index is 729. The quantitative estimate of drug-likeness (QED) is 0.882. The highest BCUT2D eigenvalue weighted by Crippen LogP contribution is 2.26. The molecule has 0 aromatic heterocycles. The monoisotopic (exact) mass is 327 g/mol. The first-order valence-corrected chi connectivity index (χ1v) is 8.39. The predicted molar refractivity (Wildman–Crippen MR) is 91.7 cm³/mol. The van der Waals surface area contributed by atoms with Crippen molar-refractivity contribution in [3.05, 3.63) is 65.0 Å². The molecule has 0 saturated heterocycles. The van der Waals surface area contributed by atoms with Crippen molar-refractivity contribution >= 4 is 5.91 Å². The number of halogens is 1. The average molecular weight is 327 g/mol. The average Bonchev–Trinajstić information content (AvgIpc) is 3.01. The Morgan fingerprint density at radius 1 is 1.29 bits per heavy atom. The SMILES string of the molecule is CC(Cc1ccc2c(c1)CCO2)NC(=O)CCc1ccccc1F. The standard InChI is InChI=1S/C20H22FNO2/c1-14(12-15-6-8-19-17(13-15)10-11-24-19)22-20(23)9-7-16-4-2-3-5-18(16)21/h2-6,8,13-14H,7,9-12H2,1H3,(H,22,23). The van der Waals surface area contributed by atoms with Gasteiger partial charge in [-0.3, -0.25) is 4.79 Å². The van der Waals surface area contributed by atoms with Crippen LogP contribution in [0.5, 0.6) is 5.75 Å². The summed E-state index contributed by atoms with van der Waals surface area (Å²) in [6.07, 6.45) is 2.44. The lowest BCUT2D eigenvalue weighted by molar-refractivity contribution is -0.121. The summed E-state index contributed by atoms with van der Waals surface area (Å²) in [6.45, 7) is 2.74. The highest BCUT2D eigenvalue weighted by atomic mass is 19.1. The van der Waals surface area contributed by atoms with Crippen molar-refractivity contribution in [2.45, 2.75) is 38.6 Å². The molecule has 0 radical (unpaired) electrons. The molecule has 1 amide bonds. The van der Waals surface area contributed by atoms with Crippen LogP contribution in [0.3, 0.4) is 0 Å². The van der Waals surface area contributed by atoms with Gasteiger partial charge in [0.15, 0.2) is 0 Å². The van der Waals surface area contributed by atoms with Crippen LogP contribution in [0.4, 0.5) is 4.39 Å². The molecule has 3 rings (SSSR count). The van der Waals surface area contributed by atoms with Gasteiger partial charge in [0, 0.05) is 18.9 Å². The van der Waals surface area contributed by atoms with E-state index in [9.17, 15) is 9.18 Å². The summed E-state index contributed by atoms with van der Waals surface area (Å²) in [5.74, 6) is 0.675. The Kier molecular flexibility index (Phi) is 5.14. The molecule has 2 aromatic carbocycles. The molecule has 1 N–H and O–H groups in total. The molecule has 24 heavy (non-hydrogen) atoms. The highest BCUT2D eigenvalue weighted by molar-refractivity contribution is 5.76. The lowest BCUT2D eigenvalue weighted by Gasteiger charge is -2.14. The molecule has 0 fully saturated rings. The summed E-state index contributed by atoms with van der Waals surface area (Å²) in [6, 6.07) is 12.8. The number of carbonyl (C=O) groups is 1. The smallest absolute Gasteiger partial charge is 0.220 e. The van der Waals surface area contributed by atoms with E-state index in [0.29, 0.717) is 18.4 Å². The van der Waals surface area contributed by atoms with Crippen molar-refractivity contribution in [2.24, 2.45) is 0 Å². The van der Waals surface area contributed by atoms with E-state index in [-0.39, 0.29) is 17.8 Å². The third-order valence-electron chi connectivity index (χ3n) is 4.28. The lowest BCUT2D eigenvalue weighted by Crippen LogP contribution is -2.34. The summed E-state index contributed by atoms with van der Waals surface area (Å²) in [5, 5.41) is 2.99. The fraction of sp³-hybridized carbons (Fsp3) is 0.350. The Labute approximate surface area is 141 Å². The molecule has 0 spiro atoms. The molecule has 0 bridgehead atoms. The number of fused-ring (bicyclic) bond motifs is 1. The first-order valence-electron chi connectivity index (χ1n) is 8.39. The van der Waals surface area contributed by atoms with Gasteiger partial charge < -0.3 is 10.1 Å². The molecular formula is C20H22FNO2. The van der Waals surface area contributed by atoms with Crippen LogP contribution in [0.2, 0.25) is 0 Å². The lowest BCUT2D eigenvalue weighted by atomic mass is 10.0. The van der Waals surface area contributed by atoms with Gasteiger partial charge in [0.2, 0.25) is 5.91 Å². The molecular weight excluding hydrogens is 305 g/mol. The third kappa shape index (κ3) is 4.13. The van der Waals surface area contributed by atoms with E-state index in [0.717, 1.165) is 25.2 Å². The van der Waals surface area contributed by atoms with E-state index < -0.39 is 0 Å². The minimum atomic E-state index is -0.251. The Morgan fingerprint density at radius 2 is 2.12 bits per heavy atom. The largest absolute Gasteiger partial charge is 0.493 e.